The third kappa shape index (κ3) is 1.70. The quantitative estimate of drug-likeness (QED) is 0.777. The third-order valence-electron chi connectivity index (χ3n) is 5.36. The van der Waals surface area contributed by atoms with Gasteiger partial charge in [0.25, 0.3) is 0 Å². The standard InChI is InChI=1S/C20H16O2S2/c21-23-18(14-7-3-1-4-8-14)13-16-19(23)17-11-12-20(16,24(17)22)15-9-5-2-6-10-15/h1-13,16-17,19H/t16-,17?,19+,20+,23-,24?/m0/s1. The van der Waals surface area contributed by atoms with E-state index in [0.29, 0.717) is 0 Å². The summed E-state index contributed by atoms with van der Waals surface area (Å²) < 4.78 is 25.8. The van der Waals surface area contributed by atoms with Gasteiger partial charge in [0.2, 0.25) is 0 Å². The Bertz CT molecular complexity index is 917. The second-order valence-corrected chi connectivity index (χ2v) is 9.86. The summed E-state index contributed by atoms with van der Waals surface area (Å²) in [4.78, 5) is 0.899. The summed E-state index contributed by atoms with van der Waals surface area (Å²) in [6, 6.07) is 20.0. The highest BCUT2D eigenvalue weighted by atomic mass is 32.2. The van der Waals surface area contributed by atoms with Gasteiger partial charge in [-0.15, -0.1) is 0 Å². The molecule has 3 heterocycles. The number of benzene rings is 2. The van der Waals surface area contributed by atoms with Crippen LogP contribution >= 0.6 is 0 Å². The monoisotopic (exact) mass is 352 g/mol. The molecule has 0 N–H and O–H groups in total. The molecule has 3 aliphatic heterocycles. The summed E-state index contributed by atoms with van der Waals surface area (Å²) in [5, 5.41) is -0.195. The lowest BCUT2D eigenvalue weighted by Crippen LogP contribution is -2.34. The van der Waals surface area contributed by atoms with Crippen LogP contribution in [0.1, 0.15) is 11.1 Å². The first-order chi connectivity index (χ1) is 11.7. The smallest absolute Gasteiger partial charge is 0.0968 e. The Morgan fingerprint density at radius 1 is 0.875 bits per heavy atom. The van der Waals surface area contributed by atoms with E-state index in [1.165, 1.54) is 0 Å². The molecular weight excluding hydrogens is 336 g/mol. The average molecular weight is 352 g/mol. The van der Waals surface area contributed by atoms with E-state index in [1.807, 2.05) is 66.7 Å². The van der Waals surface area contributed by atoms with Gasteiger partial charge in [-0.3, -0.25) is 8.42 Å². The highest BCUT2D eigenvalue weighted by Crippen LogP contribution is 2.59. The van der Waals surface area contributed by atoms with Crippen LogP contribution in [0.5, 0.6) is 0 Å². The molecular formula is C20H16O2S2. The van der Waals surface area contributed by atoms with Crippen molar-refractivity contribution < 1.29 is 8.42 Å². The van der Waals surface area contributed by atoms with Gasteiger partial charge in [0.15, 0.2) is 0 Å². The molecule has 0 amide bonds. The van der Waals surface area contributed by atoms with Crippen LogP contribution in [0.3, 0.4) is 0 Å². The Morgan fingerprint density at radius 2 is 1.54 bits per heavy atom. The van der Waals surface area contributed by atoms with Gasteiger partial charge in [0.1, 0.15) is 0 Å². The molecule has 0 aromatic heterocycles. The number of rotatable bonds is 2. The Kier molecular flexibility index (Phi) is 3.10. The maximum absolute atomic E-state index is 13.2. The normalized spacial score (nSPS) is 39.0. The van der Waals surface area contributed by atoms with Gasteiger partial charge in [-0.25, -0.2) is 0 Å². The molecule has 2 nitrogen and oxygen atoms in total. The van der Waals surface area contributed by atoms with Crippen LogP contribution in [-0.4, -0.2) is 18.9 Å². The Labute approximate surface area is 146 Å². The summed E-state index contributed by atoms with van der Waals surface area (Å²) in [7, 11) is -2.18. The van der Waals surface area contributed by atoms with Gasteiger partial charge < -0.3 is 0 Å². The van der Waals surface area contributed by atoms with E-state index < -0.39 is 26.3 Å². The van der Waals surface area contributed by atoms with Crippen molar-refractivity contribution in [2.45, 2.75) is 15.2 Å². The molecule has 6 atom stereocenters. The molecule has 0 saturated carbocycles. The van der Waals surface area contributed by atoms with Gasteiger partial charge in [-0.05, 0) is 11.1 Å². The zero-order valence-corrected chi connectivity index (χ0v) is 14.5. The van der Waals surface area contributed by atoms with Crippen LogP contribution in [0.2, 0.25) is 0 Å². The summed E-state index contributed by atoms with van der Waals surface area (Å²) in [5.74, 6) is 0.0340. The van der Waals surface area contributed by atoms with E-state index >= 15 is 0 Å². The SMILES string of the molecule is O=S1C2C=C[C@@]1(c1ccccc1)[C@H]1C=C(c3ccccc3)[S@](=O)[C@@H]21. The minimum Gasteiger partial charge on any atom is -0.258 e. The van der Waals surface area contributed by atoms with Crippen LogP contribution in [0.25, 0.3) is 4.91 Å². The number of hydrogen-bond donors (Lipinski definition) is 0. The second kappa shape index (κ2) is 5.11. The highest BCUT2D eigenvalue weighted by Gasteiger charge is 2.65. The molecule has 0 aliphatic carbocycles. The predicted molar refractivity (Wildman–Crippen MR) is 99.0 cm³/mol. The third-order valence-corrected chi connectivity index (χ3v) is 9.68. The van der Waals surface area contributed by atoms with E-state index in [1.54, 1.807) is 0 Å². The summed E-state index contributed by atoms with van der Waals surface area (Å²) in [6.07, 6.45) is 6.26. The van der Waals surface area contributed by atoms with Crippen LogP contribution in [0.15, 0.2) is 78.9 Å². The minimum atomic E-state index is -1.12. The number of allylic oxidation sites excluding steroid dienone is 1. The topological polar surface area (TPSA) is 34.1 Å². The van der Waals surface area contributed by atoms with Crippen molar-refractivity contribution in [2.24, 2.45) is 5.92 Å². The van der Waals surface area contributed by atoms with Gasteiger partial charge in [0, 0.05) is 21.6 Å². The lowest BCUT2D eigenvalue weighted by Gasteiger charge is -2.29. The van der Waals surface area contributed by atoms with Crippen molar-refractivity contribution >= 4 is 26.5 Å². The number of hydrogen-bond acceptors (Lipinski definition) is 2. The van der Waals surface area contributed by atoms with Crippen molar-refractivity contribution in [3.8, 4) is 0 Å². The van der Waals surface area contributed by atoms with E-state index in [-0.39, 0.29) is 16.4 Å². The second-order valence-electron chi connectivity index (χ2n) is 6.47. The van der Waals surface area contributed by atoms with Gasteiger partial charge in [-0.2, -0.15) is 0 Å². The maximum atomic E-state index is 13.2. The molecule has 2 aromatic carbocycles. The molecule has 2 aromatic rings. The lowest BCUT2D eigenvalue weighted by atomic mass is 9.79. The largest absolute Gasteiger partial charge is 0.258 e. The molecule has 2 unspecified atom stereocenters. The van der Waals surface area contributed by atoms with Gasteiger partial charge >= 0.3 is 0 Å². The van der Waals surface area contributed by atoms with E-state index in [9.17, 15) is 8.42 Å². The van der Waals surface area contributed by atoms with Crippen LogP contribution in [-0.2, 0) is 26.3 Å². The van der Waals surface area contributed by atoms with Crippen LogP contribution in [0, 0.1) is 5.92 Å². The van der Waals surface area contributed by atoms with E-state index in [2.05, 4.69) is 12.2 Å². The first kappa shape index (κ1) is 14.6. The first-order valence-electron chi connectivity index (χ1n) is 8.07. The molecule has 1 saturated heterocycles. The van der Waals surface area contributed by atoms with Crippen LogP contribution < -0.4 is 0 Å². The van der Waals surface area contributed by atoms with Crippen LogP contribution in [0.4, 0.5) is 0 Å². The van der Waals surface area contributed by atoms with Gasteiger partial charge in [0.05, 0.1) is 26.0 Å². The molecule has 24 heavy (non-hydrogen) atoms. The minimum absolute atomic E-state index is 0.0340. The lowest BCUT2D eigenvalue weighted by molar-refractivity contribution is 0.531. The molecule has 4 heteroatoms. The molecule has 1 fully saturated rings. The fraction of sp³-hybridized carbons (Fsp3) is 0.200. The average Bonchev–Trinajstić information content (AvgIpc) is 3.23. The molecule has 2 bridgehead atoms. The Hall–Kier alpha value is -1.78. The van der Waals surface area contributed by atoms with Crippen molar-refractivity contribution in [3.63, 3.8) is 0 Å². The summed E-state index contributed by atoms with van der Waals surface area (Å²) >= 11 is 0. The van der Waals surface area contributed by atoms with Gasteiger partial charge in [-0.1, -0.05) is 78.9 Å². The van der Waals surface area contributed by atoms with Crippen molar-refractivity contribution in [1.29, 1.82) is 0 Å². The first-order valence-corrected chi connectivity index (χ1v) is 10.5. The van der Waals surface area contributed by atoms with E-state index in [4.69, 9.17) is 0 Å². The molecule has 0 spiro atoms. The summed E-state index contributed by atoms with van der Waals surface area (Å²) in [6.45, 7) is 0. The Balaban J connectivity index is 1.69. The maximum Gasteiger partial charge on any atom is 0.0968 e. The Morgan fingerprint density at radius 3 is 2.25 bits per heavy atom. The molecule has 0 radical (unpaired) electrons. The summed E-state index contributed by atoms with van der Waals surface area (Å²) in [5.41, 5.74) is 2.08. The molecule has 3 aliphatic rings. The fourth-order valence-electron chi connectivity index (χ4n) is 4.29. The zero-order chi connectivity index (χ0) is 16.3. The predicted octanol–water partition coefficient (Wildman–Crippen LogP) is 3.37. The highest BCUT2D eigenvalue weighted by molar-refractivity contribution is 7.97. The van der Waals surface area contributed by atoms with Crippen molar-refractivity contribution in [2.75, 3.05) is 0 Å². The molecule has 120 valence electrons. The molecule has 5 rings (SSSR count). The fourth-order valence-corrected chi connectivity index (χ4v) is 8.97. The van der Waals surface area contributed by atoms with E-state index in [0.717, 1.165) is 16.0 Å². The van der Waals surface area contributed by atoms with Crippen molar-refractivity contribution in [3.05, 3.63) is 90.0 Å². The van der Waals surface area contributed by atoms with Crippen molar-refractivity contribution in [1.82, 2.24) is 0 Å². The zero-order valence-electron chi connectivity index (χ0n) is 12.9. The number of fused-ring (bicyclic) bond motifs is 5.